The highest BCUT2D eigenvalue weighted by atomic mass is 14.9. The monoisotopic (exact) mass is 187 g/mol. The van der Waals surface area contributed by atoms with Gasteiger partial charge in [0.2, 0.25) is 0 Å². The lowest BCUT2D eigenvalue weighted by Crippen LogP contribution is -1.91. The molecule has 0 aromatic carbocycles. The van der Waals surface area contributed by atoms with Gasteiger partial charge in [0.1, 0.15) is 5.69 Å². The van der Waals surface area contributed by atoms with E-state index in [0.29, 0.717) is 0 Å². The van der Waals surface area contributed by atoms with E-state index in [1.54, 1.807) is 0 Å². The number of imidazole rings is 1. The van der Waals surface area contributed by atoms with Gasteiger partial charge in [0.05, 0.1) is 0 Å². The van der Waals surface area contributed by atoms with E-state index in [0.717, 1.165) is 22.9 Å². The molecule has 0 aliphatic carbocycles. The summed E-state index contributed by atoms with van der Waals surface area (Å²) in [6.45, 7) is 6.05. The van der Waals surface area contributed by atoms with Gasteiger partial charge >= 0.3 is 0 Å². The van der Waals surface area contributed by atoms with Crippen LogP contribution in [-0.2, 0) is 0 Å². The van der Waals surface area contributed by atoms with E-state index in [9.17, 15) is 0 Å². The van der Waals surface area contributed by atoms with Crippen LogP contribution in [0.1, 0.15) is 17.0 Å². The van der Waals surface area contributed by atoms with Crippen molar-refractivity contribution in [3.63, 3.8) is 0 Å². The van der Waals surface area contributed by atoms with Crippen molar-refractivity contribution >= 4 is 0 Å². The summed E-state index contributed by atoms with van der Waals surface area (Å²) in [4.78, 5) is 11.9. The van der Waals surface area contributed by atoms with E-state index in [4.69, 9.17) is 0 Å². The first-order valence-corrected chi connectivity index (χ1v) is 4.63. The van der Waals surface area contributed by atoms with Crippen LogP contribution in [0.2, 0.25) is 0 Å². The SMILES string of the molecule is Cc1cnc(-c2ccc(C)c(C)n2)[nH]1. The Balaban J connectivity index is 2.47. The van der Waals surface area contributed by atoms with Crippen molar-refractivity contribution in [2.24, 2.45) is 0 Å². The summed E-state index contributed by atoms with van der Waals surface area (Å²) in [7, 11) is 0. The Morgan fingerprint density at radius 3 is 2.50 bits per heavy atom. The Bertz CT molecular complexity index is 457. The number of pyridine rings is 1. The van der Waals surface area contributed by atoms with Gasteiger partial charge in [-0.1, -0.05) is 6.07 Å². The summed E-state index contributed by atoms with van der Waals surface area (Å²) in [5.41, 5.74) is 4.22. The van der Waals surface area contributed by atoms with E-state index < -0.39 is 0 Å². The van der Waals surface area contributed by atoms with Crippen molar-refractivity contribution in [1.82, 2.24) is 15.0 Å². The molecule has 2 heterocycles. The number of rotatable bonds is 1. The third-order valence-corrected chi connectivity index (χ3v) is 2.30. The zero-order chi connectivity index (χ0) is 10.1. The van der Waals surface area contributed by atoms with Crippen LogP contribution in [0, 0.1) is 20.8 Å². The minimum Gasteiger partial charge on any atom is -0.341 e. The molecule has 3 nitrogen and oxygen atoms in total. The molecule has 0 radical (unpaired) electrons. The second-order valence-corrected chi connectivity index (χ2v) is 3.51. The van der Waals surface area contributed by atoms with Crippen LogP contribution in [0.4, 0.5) is 0 Å². The van der Waals surface area contributed by atoms with Crippen molar-refractivity contribution in [3.8, 4) is 11.5 Å². The van der Waals surface area contributed by atoms with Gasteiger partial charge in [0.15, 0.2) is 5.82 Å². The van der Waals surface area contributed by atoms with Crippen LogP contribution in [0.3, 0.4) is 0 Å². The molecule has 2 aromatic heterocycles. The minimum absolute atomic E-state index is 0.839. The number of hydrogen-bond acceptors (Lipinski definition) is 2. The molecule has 2 rings (SSSR count). The van der Waals surface area contributed by atoms with E-state index in [1.807, 2.05) is 26.1 Å². The summed E-state index contributed by atoms with van der Waals surface area (Å²) >= 11 is 0. The Labute approximate surface area is 83.2 Å². The first-order valence-electron chi connectivity index (χ1n) is 4.63. The Kier molecular flexibility index (Phi) is 2.08. The molecule has 3 heteroatoms. The zero-order valence-electron chi connectivity index (χ0n) is 8.63. The van der Waals surface area contributed by atoms with Gasteiger partial charge in [-0.15, -0.1) is 0 Å². The molecule has 14 heavy (non-hydrogen) atoms. The van der Waals surface area contributed by atoms with Gasteiger partial charge in [-0.2, -0.15) is 0 Å². The highest BCUT2D eigenvalue weighted by molar-refractivity contribution is 5.50. The van der Waals surface area contributed by atoms with E-state index in [-0.39, 0.29) is 0 Å². The zero-order valence-corrected chi connectivity index (χ0v) is 8.63. The average Bonchev–Trinajstić information content (AvgIpc) is 2.57. The molecule has 2 aromatic rings. The molecular formula is C11H13N3. The lowest BCUT2D eigenvalue weighted by atomic mass is 10.2. The maximum Gasteiger partial charge on any atom is 0.156 e. The summed E-state index contributed by atoms with van der Waals surface area (Å²) in [5, 5.41) is 0. The van der Waals surface area contributed by atoms with Gasteiger partial charge in [-0.05, 0) is 32.4 Å². The van der Waals surface area contributed by atoms with Crippen LogP contribution < -0.4 is 0 Å². The Morgan fingerprint density at radius 1 is 1.14 bits per heavy atom. The number of aromatic amines is 1. The molecule has 0 fully saturated rings. The largest absolute Gasteiger partial charge is 0.341 e. The second kappa shape index (κ2) is 3.25. The topological polar surface area (TPSA) is 41.6 Å². The maximum absolute atomic E-state index is 4.46. The lowest BCUT2D eigenvalue weighted by Gasteiger charge is -2.01. The maximum atomic E-state index is 4.46. The predicted molar refractivity (Wildman–Crippen MR) is 56.0 cm³/mol. The number of H-pyrrole nitrogens is 1. The van der Waals surface area contributed by atoms with E-state index in [2.05, 4.69) is 27.9 Å². The van der Waals surface area contributed by atoms with Gasteiger partial charge in [-0.25, -0.2) is 9.97 Å². The first kappa shape index (κ1) is 8.94. The van der Waals surface area contributed by atoms with Gasteiger partial charge in [0.25, 0.3) is 0 Å². The highest BCUT2D eigenvalue weighted by Gasteiger charge is 2.03. The summed E-state index contributed by atoms with van der Waals surface area (Å²) in [5.74, 6) is 0.839. The quantitative estimate of drug-likeness (QED) is 0.744. The summed E-state index contributed by atoms with van der Waals surface area (Å²) < 4.78 is 0. The van der Waals surface area contributed by atoms with Crippen LogP contribution in [0.25, 0.3) is 11.5 Å². The molecular weight excluding hydrogens is 174 g/mol. The van der Waals surface area contributed by atoms with Crippen molar-refractivity contribution in [3.05, 3.63) is 35.3 Å². The first-order chi connectivity index (χ1) is 6.66. The standard InChI is InChI=1S/C11H13N3/c1-7-4-5-10(14-9(7)3)11-12-6-8(2)13-11/h4-6H,1-3H3,(H,12,13). The Morgan fingerprint density at radius 2 is 1.93 bits per heavy atom. The van der Waals surface area contributed by atoms with Gasteiger partial charge in [0, 0.05) is 17.6 Å². The second-order valence-electron chi connectivity index (χ2n) is 3.51. The molecule has 0 atom stereocenters. The van der Waals surface area contributed by atoms with Gasteiger partial charge < -0.3 is 4.98 Å². The van der Waals surface area contributed by atoms with Crippen molar-refractivity contribution < 1.29 is 0 Å². The number of nitrogens with zero attached hydrogens (tertiary/aromatic N) is 2. The van der Waals surface area contributed by atoms with Crippen LogP contribution in [-0.4, -0.2) is 15.0 Å². The average molecular weight is 187 g/mol. The van der Waals surface area contributed by atoms with Crippen molar-refractivity contribution in [1.29, 1.82) is 0 Å². The minimum atomic E-state index is 0.839. The normalized spacial score (nSPS) is 10.5. The Hall–Kier alpha value is -1.64. The van der Waals surface area contributed by atoms with Crippen LogP contribution >= 0.6 is 0 Å². The number of nitrogens with one attached hydrogen (secondary N) is 1. The molecule has 72 valence electrons. The molecule has 0 saturated carbocycles. The number of hydrogen-bond donors (Lipinski definition) is 1. The lowest BCUT2D eigenvalue weighted by molar-refractivity contribution is 1.12. The van der Waals surface area contributed by atoms with Crippen molar-refractivity contribution in [2.75, 3.05) is 0 Å². The van der Waals surface area contributed by atoms with Crippen molar-refractivity contribution in [2.45, 2.75) is 20.8 Å². The smallest absolute Gasteiger partial charge is 0.156 e. The fraction of sp³-hybridized carbons (Fsp3) is 0.273. The number of aromatic nitrogens is 3. The van der Waals surface area contributed by atoms with E-state index >= 15 is 0 Å². The molecule has 0 unspecified atom stereocenters. The molecule has 0 aliphatic heterocycles. The van der Waals surface area contributed by atoms with Crippen LogP contribution in [0.5, 0.6) is 0 Å². The molecule has 0 bridgehead atoms. The summed E-state index contributed by atoms with van der Waals surface area (Å²) in [6, 6.07) is 4.05. The van der Waals surface area contributed by atoms with Crippen LogP contribution in [0.15, 0.2) is 18.3 Å². The molecule has 0 amide bonds. The third-order valence-electron chi connectivity index (χ3n) is 2.30. The molecule has 0 aliphatic rings. The fourth-order valence-corrected chi connectivity index (χ4v) is 1.31. The summed E-state index contributed by atoms with van der Waals surface area (Å²) in [6.07, 6.45) is 1.81. The molecule has 0 saturated heterocycles. The highest BCUT2D eigenvalue weighted by Crippen LogP contribution is 2.14. The molecule has 1 N–H and O–H groups in total. The number of aryl methyl sites for hydroxylation is 3. The third kappa shape index (κ3) is 1.53. The predicted octanol–water partition coefficient (Wildman–Crippen LogP) is 2.40. The van der Waals surface area contributed by atoms with Gasteiger partial charge in [-0.3, -0.25) is 0 Å². The molecule has 0 spiro atoms. The van der Waals surface area contributed by atoms with E-state index in [1.165, 1.54) is 5.56 Å². The fourth-order valence-electron chi connectivity index (χ4n) is 1.31.